The highest BCUT2D eigenvalue weighted by atomic mass is 16.1. The van der Waals surface area contributed by atoms with E-state index in [9.17, 15) is 4.79 Å². The molecule has 2 heteroatoms. The summed E-state index contributed by atoms with van der Waals surface area (Å²) in [6.45, 7) is 7.54. The zero-order chi connectivity index (χ0) is 9.59. The van der Waals surface area contributed by atoms with Crippen molar-refractivity contribution in [2.75, 3.05) is 6.54 Å². The smallest absolute Gasteiger partial charge is 0.149 e. The molecule has 3 atom stereocenters. The maximum Gasteiger partial charge on any atom is 0.149 e. The number of ketones is 1. The molecule has 1 aliphatic carbocycles. The normalized spacial score (nSPS) is 38.0. The van der Waals surface area contributed by atoms with Crippen molar-refractivity contribution in [3.63, 3.8) is 0 Å². The molecule has 2 fully saturated rings. The molecule has 0 radical (unpaired) electrons. The lowest BCUT2D eigenvalue weighted by Crippen LogP contribution is -2.43. The number of carbonyl (C=O) groups is 1. The summed E-state index contributed by atoms with van der Waals surface area (Å²) >= 11 is 0. The summed E-state index contributed by atoms with van der Waals surface area (Å²) in [7, 11) is 0. The predicted octanol–water partition coefficient (Wildman–Crippen LogP) is 1.69. The van der Waals surface area contributed by atoms with Crippen molar-refractivity contribution in [3.05, 3.63) is 0 Å². The highest BCUT2D eigenvalue weighted by Gasteiger charge is 2.54. The Morgan fingerprint density at radius 3 is 2.77 bits per heavy atom. The number of piperidine rings is 1. The molecule has 0 aromatic heterocycles. The van der Waals surface area contributed by atoms with Crippen LogP contribution in [0.5, 0.6) is 0 Å². The van der Waals surface area contributed by atoms with E-state index in [1.807, 2.05) is 6.92 Å². The first-order valence-electron chi connectivity index (χ1n) is 5.43. The Labute approximate surface area is 80.3 Å². The molecule has 2 nitrogen and oxygen atoms in total. The second kappa shape index (κ2) is 3.09. The summed E-state index contributed by atoms with van der Waals surface area (Å²) < 4.78 is 0. The van der Waals surface area contributed by atoms with Crippen molar-refractivity contribution in [1.29, 1.82) is 0 Å². The zero-order valence-corrected chi connectivity index (χ0v) is 8.79. The van der Waals surface area contributed by atoms with Crippen LogP contribution in [0.25, 0.3) is 0 Å². The number of nitrogens with zero attached hydrogens (tertiary/aromatic N) is 1. The Kier molecular flexibility index (Phi) is 2.18. The first-order valence-corrected chi connectivity index (χ1v) is 5.43. The number of fused-ring (bicyclic) bond motifs is 1. The lowest BCUT2D eigenvalue weighted by atomic mass is 10.0. The van der Waals surface area contributed by atoms with Crippen LogP contribution in [0, 0.1) is 11.8 Å². The summed E-state index contributed by atoms with van der Waals surface area (Å²) in [5.74, 6) is 2.02. The van der Waals surface area contributed by atoms with Gasteiger partial charge in [-0.2, -0.15) is 0 Å². The molecule has 1 heterocycles. The van der Waals surface area contributed by atoms with E-state index in [-0.39, 0.29) is 6.04 Å². The highest BCUT2D eigenvalue weighted by Crippen LogP contribution is 2.50. The number of likely N-dealkylation sites (tertiary alicyclic amines) is 1. The second-order valence-electron chi connectivity index (χ2n) is 4.71. The minimum atomic E-state index is 0.273. The Morgan fingerprint density at radius 2 is 2.23 bits per heavy atom. The molecule has 0 N–H and O–H groups in total. The van der Waals surface area contributed by atoms with Crippen LogP contribution < -0.4 is 0 Å². The minimum absolute atomic E-state index is 0.273. The largest absolute Gasteiger partial charge is 0.298 e. The predicted molar refractivity (Wildman–Crippen MR) is 52.5 cm³/mol. The van der Waals surface area contributed by atoms with Crippen LogP contribution in [0.1, 0.15) is 33.6 Å². The van der Waals surface area contributed by atoms with E-state index in [0.29, 0.717) is 18.2 Å². The molecule has 1 saturated carbocycles. The molecule has 1 saturated heterocycles. The van der Waals surface area contributed by atoms with Gasteiger partial charge in [-0.1, -0.05) is 6.92 Å². The third-order valence-corrected chi connectivity index (χ3v) is 3.53. The minimum Gasteiger partial charge on any atom is -0.298 e. The van der Waals surface area contributed by atoms with Gasteiger partial charge < -0.3 is 0 Å². The highest BCUT2D eigenvalue weighted by molar-refractivity contribution is 5.85. The molecule has 0 spiro atoms. The third kappa shape index (κ3) is 1.41. The molecule has 1 aliphatic heterocycles. The van der Waals surface area contributed by atoms with Gasteiger partial charge >= 0.3 is 0 Å². The van der Waals surface area contributed by atoms with E-state index in [1.165, 1.54) is 13.0 Å². The fourth-order valence-corrected chi connectivity index (χ4v) is 2.66. The van der Waals surface area contributed by atoms with E-state index < -0.39 is 0 Å². The van der Waals surface area contributed by atoms with Gasteiger partial charge in [-0.05, 0) is 32.1 Å². The van der Waals surface area contributed by atoms with Crippen LogP contribution in [0.15, 0.2) is 0 Å². The van der Waals surface area contributed by atoms with Gasteiger partial charge in [0.1, 0.15) is 5.78 Å². The molecular weight excluding hydrogens is 162 g/mol. The lowest BCUT2D eigenvalue weighted by molar-refractivity contribution is -0.124. The molecule has 2 aliphatic rings. The number of hydrogen-bond donors (Lipinski definition) is 0. The fraction of sp³-hybridized carbons (Fsp3) is 0.909. The number of hydrogen-bond acceptors (Lipinski definition) is 2. The van der Waals surface area contributed by atoms with Crippen LogP contribution >= 0.6 is 0 Å². The van der Waals surface area contributed by atoms with E-state index in [2.05, 4.69) is 18.7 Å². The van der Waals surface area contributed by atoms with Crippen molar-refractivity contribution >= 4 is 5.78 Å². The summed E-state index contributed by atoms with van der Waals surface area (Å²) in [5.41, 5.74) is 0. The Balaban J connectivity index is 2.09. The van der Waals surface area contributed by atoms with E-state index >= 15 is 0 Å². The maximum atomic E-state index is 11.7. The third-order valence-electron chi connectivity index (χ3n) is 3.53. The molecule has 74 valence electrons. The average Bonchev–Trinajstić information content (AvgIpc) is 2.76. The van der Waals surface area contributed by atoms with Gasteiger partial charge in [-0.25, -0.2) is 0 Å². The molecular formula is C11H19NO. The molecule has 0 amide bonds. The summed E-state index contributed by atoms with van der Waals surface area (Å²) in [4.78, 5) is 14.1. The number of rotatable bonds is 3. The van der Waals surface area contributed by atoms with Crippen molar-refractivity contribution in [1.82, 2.24) is 4.90 Å². The quantitative estimate of drug-likeness (QED) is 0.660. The van der Waals surface area contributed by atoms with E-state index in [1.54, 1.807) is 0 Å². The van der Waals surface area contributed by atoms with Crippen molar-refractivity contribution in [3.8, 4) is 0 Å². The van der Waals surface area contributed by atoms with Crippen LogP contribution in [0.3, 0.4) is 0 Å². The maximum absolute atomic E-state index is 11.7. The van der Waals surface area contributed by atoms with Crippen LogP contribution in [-0.4, -0.2) is 29.3 Å². The lowest BCUT2D eigenvalue weighted by Gasteiger charge is -2.29. The van der Waals surface area contributed by atoms with Crippen molar-refractivity contribution in [2.24, 2.45) is 11.8 Å². The Hall–Kier alpha value is -0.370. The van der Waals surface area contributed by atoms with Gasteiger partial charge in [0.2, 0.25) is 0 Å². The average molecular weight is 181 g/mol. The first kappa shape index (κ1) is 9.20. The second-order valence-corrected chi connectivity index (χ2v) is 4.71. The monoisotopic (exact) mass is 181 g/mol. The molecule has 0 aromatic rings. The van der Waals surface area contributed by atoms with Crippen LogP contribution in [0.2, 0.25) is 0 Å². The van der Waals surface area contributed by atoms with Crippen LogP contribution in [-0.2, 0) is 4.79 Å². The van der Waals surface area contributed by atoms with Gasteiger partial charge in [0, 0.05) is 19.0 Å². The van der Waals surface area contributed by atoms with Crippen molar-refractivity contribution in [2.45, 2.75) is 45.7 Å². The van der Waals surface area contributed by atoms with Gasteiger partial charge in [0.05, 0.1) is 6.04 Å². The summed E-state index contributed by atoms with van der Waals surface area (Å²) in [6.07, 6.45) is 2.01. The number of carbonyl (C=O) groups excluding carboxylic acids is 1. The Bertz CT molecular complexity index is 224. The molecule has 0 bridgehead atoms. The number of Topliss-reactive ketones (excluding diaryl/α,β-unsaturated/α-hetero) is 1. The molecule has 13 heavy (non-hydrogen) atoms. The van der Waals surface area contributed by atoms with Crippen LogP contribution in [0.4, 0.5) is 0 Å². The Morgan fingerprint density at radius 1 is 1.54 bits per heavy atom. The van der Waals surface area contributed by atoms with Gasteiger partial charge in [0.15, 0.2) is 0 Å². The van der Waals surface area contributed by atoms with Gasteiger partial charge in [0.25, 0.3) is 0 Å². The zero-order valence-electron chi connectivity index (χ0n) is 8.79. The van der Waals surface area contributed by atoms with Gasteiger partial charge in [-0.3, -0.25) is 9.69 Å². The standard InChI is InChI=1S/C11H19NO/c1-4-10(13)11-9-5-8(9)6-12(11)7(2)3/h7-9,11H,4-6H2,1-3H3/t8-,9-,11+/m1/s1. The summed E-state index contributed by atoms with van der Waals surface area (Å²) in [6, 6.07) is 0.809. The topological polar surface area (TPSA) is 20.3 Å². The summed E-state index contributed by atoms with van der Waals surface area (Å²) in [5, 5.41) is 0. The molecule has 0 unspecified atom stereocenters. The first-order chi connectivity index (χ1) is 6.15. The van der Waals surface area contributed by atoms with E-state index in [4.69, 9.17) is 0 Å². The molecule has 0 aromatic carbocycles. The SMILES string of the molecule is CCC(=O)[C@@H]1[C@@H]2C[C@@H]2CN1C(C)C. The van der Waals surface area contributed by atoms with E-state index in [0.717, 1.165) is 11.8 Å². The molecule has 2 rings (SSSR count). The fourth-order valence-electron chi connectivity index (χ4n) is 2.66. The van der Waals surface area contributed by atoms with Crippen molar-refractivity contribution < 1.29 is 4.79 Å². The van der Waals surface area contributed by atoms with Gasteiger partial charge in [-0.15, -0.1) is 0 Å².